The van der Waals surface area contributed by atoms with Crippen molar-refractivity contribution in [2.45, 2.75) is 30.9 Å². The average Bonchev–Trinajstić information content (AvgIpc) is 2.28. The molecule has 2 nitrogen and oxygen atoms in total. The van der Waals surface area contributed by atoms with E-state index in [9.17, 15) is 0 Å². The average molecular weight is 239 g/mol. The Kier molecular flexibility index (Phi) is 5.71. The van der Waals surface area contributed by atoms with E-state index in [-0.39, 0.29) is 0 Å². The van der Waals surface area contributed by atoms with E-state index in [0.29, 0.717) is 17.8 Å². The molecule has 0 aliphatic heterocycles. The van der Waals surface area contributed by atoms with E-state index in [1.54, 1.807) is 0 Å². The maximum Gasteiger partial charge on any atom is 0.119 e. The van der Waals surface area contributed by atoms with Crippen LogP contribution >= 0.6 is 11.8 Å². The molecule has 0 bridgehead atoms. The van der Waals surface area contributed by atoms with E-state index in [1.807, 2.05) is 30.8 Å². The smallest absolute Gasteiger partial charge is 0.119 e. The van der Waals surface area contributed by atoms with Gasteiger partial charge in [0.05, 0.1) is 6.61 Å². The van der Waals surface area contributed by atoms with Crippen LogP contribution in [0, 0.1) is 5.92 Å². The number of hydrogen-bond acceptors (Lipinski definition) is 3. The number of nitrogens with two attached hydrogens (primary N) is 1. The molecule has 0 heterocycles. The molecule has 90 valence electrons. The van der Waals surface area contributed by atoms with Gasteiger partial charge < -0.3 is 10.5 Å². The number of ether oxygens (including phenoxy) is 1. The number of hydrogen-bond donors (Lipinski definition) is 1. The second-order valence-corrected chi connectivity index (χ2v) is 5.35. The highest BCUT2D eigenvalue weighted by Gasteiger charge is 2.12. The first-order chi connectivity index (χ1) is 7.67. The number of benzene rings is 1. The van der Waals surface area contributed by atoms with E-state index in [1.165, 1.54) is 4.90 Å². The zero-order valence-electron chi connectivity index (χ0n) is 10.3. The van der Waals surface area contributed by atoms with Crippen molar-refractivity contribution >= 4 is 11.8 Å². The zero-order chi connectivity index (χ0) is 12.0. The van der Waals surface area contributed by atoms with Gasteiger partial charge in [0.1, 0.15) is 5.75 Å². The van der Waals surface area contributed by atoms with Crippen LogP contribution in [0.2, 0.25) is 0 Å². The van der Waals surface area contributed by atoms with E-state index in [0.717, 1.165) is 12.3 Å². The predicted octanol–water partition coefficient (Wildman–Crippen LogP) is 3.16. The second-order valence-electron chi connectivity index (χ2n) is 4.04. The van der Waals surface area contributed by atoms with Crippen LogP contribution in [-0.4, -0.2) is 18.4 Å². The maximum absolute atomic E-state index is 5.75. The molecule has 1 unspecified atom stereocenters. The van der Waals surface area contributed by atoms with Gasteiger partial charge in [-0.25, -0.2) is 0 Å². The Morgan fingerprint density at radius 2 is 1.88 bits per heavy atom. The monoisotopic (exact) mass is 239 g/mol. The molecule has 1 aromatic carbocycles. The van der Waals surface area contributed by atoms with Crippen LogP contribution in [0.4, 0.5) is 0 Å². The maximum atomic E-state index is 5.75. The summed E-state index contributed by atoms with van der Waals surface area (Å²) >= 11 is 1.84. The highest BCUT2D eigenvalue weighted by molar-refractivity contribution is 8.00. The third kappa shape index (κ3) is 4.06. The van der Waals surface area contributed by atoms with Crippen LogP contribution in [0.1, 0.15) is 20.8 Å². The van der Waals surface area contributed by atoms with Crippen LogP contribution in [0.3, 0.4) is 0 Å². The van der Waals surface area contributed by atoms with Gasteiger partial charge in [-0.05, 0) is 37.1 Å². The number of thioether (sulfide) groups is 1. The Morgan fingerprint density at radius 1 is 1.25 bits per heavy atom. The van der Waals surface area contributed by atoms with E-state index in [4.69, 9.17) is 10.5 Å². The molecule has 0 aliphatic rings. The van der Waals surface area contributed by atoms with E-state index in [2.05, 4.69) is 26.0 Å². The molecule has 3 heteroatoms. The first-order valence-electron chi connectivity index (χ1n) is 5.77. The summed E-state index contributed by atoms with van der Waals surface area (Å²) < 4.78 is 5.41. The van der Waals surface area contributed by atoms with Crippen LogP contribution < -0.4 is 10.5 Å². The molecular formula is C13H21NOS. The molecule has 0 saturated carbocycles. The molecule has 0 aromatic heterocycles. The molecule has 0 aliphatic carbocycles. The lowest BCUT2D eigenvalue weighted by Crippen LogP contribution is -2.22. The van der Waals surface area contributed by atoms with Crippen molar-refractivity contribution in [3.8, 4) is 5.75 Å². The lowest BCUT2D eigenvalue weighted by molar-refractivity contribution is 0.340. The van der Waals surface area contributed by atoms with Crippen molar-refractivity contribution < 1.29 is 4.74 Å². The first-order valence-corrected chi connectivity index (χ1v) is 6.65. The molecule has 1 atom stereocenters. The highest BCUT2D eigenvalue weighted by Crippen LogP contribution is 2.28. The molecule has 0 amide bonds. The summed E-state index contributed by atoms with van der Waals surface area (Å²) in [6.07, 6.45) is 0. The molecule has 0 fully saturated rings. The van der Waals surface area contributed by atoms with Crippen molar-refractivity contribution in [3.05, 3.63) is 24.3 Å². The minimum absolute atomic E-state index is 0.484. The van der Waals surface area contributed by atoms with Crippen LogP contribution in [0.15, 0.2) is 29.2 Å². The summed E-state index contributed by atoms with van der Waals surface area (Å²) in [7, 11) is 0. The van der Waals surface area contributed by atoms with Gasteiger partial charge in [0.25, 0.3) is 0 Å². The van der Waals surface area contributed by atoms with Crippen molar-refractivity contribution in [2.75, 3.05) is 13.2 Å². The summed E-state index contributed by atoms with van der Waals surface area (Å²) in [6.45, 7) is 7.84. The molecule has 1 aromatic rings. The molecule has 0 radical (unpaired) electrons. The molecule has 16 heavy (non-hydrogen) atoms. The molecular weight excluding hydrogens is 218 g/mol. The Labute approximate surface area is 103 Å². The van der Waals surface area contributed by atoms with Crippen molar-refractivity contribution in [1.29, 1.82) is 0 Å². The molecule has 0 spiro atoms. The second kappa shape index (κ2) is 6.81. The van der Waals surface area contributed by atoms with E-state index >= 15 is 0 Å². The van der Waals surface area contributed by atoms with Crippen LogP contribution in [-0.2, 0) is 0 Å². The Balaban J connectivity index is 2.60. The molecule has 1 rings (SSSR count). The third-order valence-corrected chi connectivity index (χ3v) is 3.98. The summed E-state index contributed by atoms with van der Waals surface area (Å²) in [4.78, 5) is 1.26. The van der Waals surface area contributed by atoms with Gasteiger partial charge in [-0.2, -0.15) is 0 Å². The van der Waals surface area contributed by atoms with Crippen molar-refractivity contribution in [2.24, 2.45) is 11.7 Å². The lowest BCUT2D eigenvalue weighted by atomic mass is 10.1. The number of rotatable bonds is 6. The largest absolute Gasteiger partial charge is 0.494 e. The third-order valence-electron chi connectivity index (χ3n) is 2.40. The fourth-order valence-electron chi connectivity index (χ4n) is 1.41. The van der Waals surface area contributed by atoms with Crippen LogP contribution in [0.25, 0.3) is 0 Å². The lowest BCUT2D eigenvalue weighted by Gasteiger charge is -2.18. The fourth-order valence-corrected chi connectivity index (χ4v) is 2.42. The van der Waals surface area contributed by atoms with Gasteiger partial charge in [-0.3, -0.25) is 0 Å². The predicted molar refractivity (Wildman–Crippen MR) is 71.1 cm³/mol. The topological polar surface area (TPSA) is 35.2 Å². The van der Waals surface area contributed by atoms with Gasteiger partial charge in [0.15, 0.2) is 0 Å². The highest BCUT2D eigenvalue weighted by atomic mass is 32.2. The van der Waals surface area contributed by atoms with Gasteiger partial charge in [0, 0.05) is 16.7 Å². The summed E-state index contributed by atoms with van der Waals surface area (Å²) in [5, 5.41) is 0.484. The van der Waals surface area contributed by atoms with Gasteiger partial charge in [0.2, 0.25) is 0 Å². The fraction of sp³-hybridized carbons (Fsp3) is 0.538. The van der Waals surface area contributed by atoms with E-state index < -0.39 is 0 Å². The SMILES string of the molecule is CCOc1ccc(SC(CN)C(C)C)cc1. The normalized spacial score (nSPS) is 12.8. The quantitative estimate of drug-likeness (QED) is 0.774. The molecule has 0 saturated heterocycles. The minimum atomic E-state index is 0.484. The minimum Gasteiger partial charge on any atom is -0.494 e. The summed E-state index contributed by atoms with van der Waals surface area (Å²) in [6, 6.07) is 8.22. The summed E-state index contributed by atoms with van der Waals surface area (Å²) in [5.41, 5.74) is 5.75. The standard InChI is InChI=1S/C13H21NOS/c1-4-15-11-5-7-12(8-6-11)16-13(9-14)10(2)3/h5-8,10,13H,4,9,14H2,1-3H3. The Morgan fingerprint density at radius 3 is 2.31 bits per heavy atom. The molecule has 2 N–H and O–H groups in total. The summed E-state index contributed by atoms with van der Waals surface area (Å²) in [5.74, 6) is 1.53. The first kappa shape index (κ1) is 13.4. The van der Waals surface area contributed by atoms with Gasteiger partial charge in [-0.15, -0.1) is 11.8 Å². The van der Waals surface area contributed by atoms with Crippen molar-refractivity contribution in [3.63, 3.8) is 0 Å². The Bertz CT molecular complexity index is 297. The van der Waals surface area contributed by atoms with Gasteiger partial charge in [-0.1, -0.05) is 13.8 Å². The van der Waals surface area contributed by atoms with Crippen LogP contribution in [0.5, 0.6) is 5.75 Å². The Hall–Kier alpha value is -0.670. The zero-order valence-corrected chi connectivity index (χ0v) is 11.1. The van der Waals surface area contributed by atoms with Gasteiger partial charge >= 0.3 is 0 Å². The van der Waals surface area contributed by atoms with Crippen molar-refractivity contribution in [1.82, 2.24) is 0 Å².